The molecule has 2 heterocycles. The Bertz CT molecular complexity index is 650. The molecule has 16 heavy (non-hydrogen) atoms. The second-order valence-corrected chi connectivity index (χ2v) is 5.31. The predicted octanol–water partition coefficient (Wildman–Crippen LogP) is 3.52. The van der Waals surface area contributed by atoms with Crippen molar-refractivity contribution in [1.82, 2.24) is 14.3 Å². The van der Waals surface area contributed by atoms with Gasteiger partial charge in [-0.25, -0.2) is 4.98 Å². The van der Waals surface area contributed by atoms with Gasteiger partial charge in [-0.05, 0) is 51.7 Å². The van der Waals surface area contributed by atoms with Crippen LogP contribution >= 0.6 is 27.5 Å². The zero-order valence-electron chi connectivity index (χ0n) is 8.09. The van der Waals surface area contributed by atoms with Crippen molar-refractivity contribution in [2.24, 2.45) is 0 Å². The molecule has 1 aromatic carbocycles. The van der Waals surface area contributed by atoms with Crippen LogP contribution in [-0.2, 0) is 0 Å². The summed E-state index contributed by atoms with van der Waals surface area (Å²) in [4.78, 5) is 8.57. The standard InChI is InChI=1S/C11H6BrN3S/c12-11-14-10(15-16-11)8-3-4-9-7(6-8)2-1-5-13-9/h1-6H. The first-order chi connectivity index (χ1) is 7.83. The van der Waals surface area contributed by atoms with Crippen LogP contribution < -0.4 is 0 Å². The molecule has 2 aromatic heterocycles. The molecule has 3 nitrogen and oxygen atoms in total. The summed E-state index contributed by atoms with van der Waals surface area (Å²) in [5, 5.41) is 1.10. The first kappa shape index (κ1) is 9.86. The summed E-state index contributed by atoms with van der Waals surface area (Å²) in [5.74, 6) is 0.752. The van der Waals surface area contributed by atoms with Crippen molar-refractivity contribution in [1.29, 1.82) is 0 Å². The third-order valence-corrected chi connectivity index (χ3v) is 3.38. The number of hydrogen-bond donors (Lipinski definition) is 0. The summed E-state index contributed by atoms with van der Waals surface area (Å²) >= 11 is 4.66. The fraction of sp³-hybridized carbons (Fsp3) is 0. The van der Waals surface area contributed by atoms with Gasteiger partial charge in [0.1, 0.15) is 0 Å². The van der Waals surface area contributed by atoms with E-state index in [4.69, 9.17) is 0 Å². The number of benzene rings is 1. The van der Waals surface area contributed by atoms with Gasteiger partial charge < -0.3 is 0 Å². The van der Waals surface area contributed by atoms with Gasteiger partial charge >= 0.3 is 0 Å². The highest BCUT2D eigenvalue weighted by molar-refractivity contribution is 9.11. The summed E-state index contributed by atoms with van der Waals surface area (Å²) in [7, 11) is 0. The number of halogens is 1. The van der Waals surface area contributed by atoms with Crippen molar-refractivity contribution in [3.05, 3.63) is 40.4 Å². The lowest BCUT2D eigenvalue weighted by Gasteiger charge is -1.98. The van der Waals surface area contributed by atoms with Crippen LogP contribution in [0.5, 0.6) is 0 Å². The molecule has 0 aliphatic rings. The zero-order chi connectivity index (χ0) is 11.0. The van der Waals surface area contributed by atoms with E-state index in [1.54, 1.807) is 6.20 Å². The van der Waals surface area contributed by atoms with Gasteiger partial charge in [0.2, 0.25) is 0 Å². The van der Waals surface area contributed by atoms with Gasteiger partial charge in [0.25, 0.3) is 0 Å². The van der Waals surface area contributed by atoms with E-state index in [-0.39, 0.29) is 0 Å². The Morgan fingerprint density at radius 1 is 1.19 bits per heavy atom. The van der Waals surface area contributed by atoms with Crippen LogP contribution in [0.4, 0.5) is 0 Å². The number of aromatic nitrogens is 3. The van der Waals surface area contributed by atoms with Gasteiger partial charge in [-0.3, -0.25) is 4.98 Å². The monoisotopic (exact) mass is 291 g/mol. The molecule has 78 valence electrons. The molecule has 0 radical (unpaired) electrons. The van der Waals surface area contributed by atoms with E-state index in [0.29, 0.717) is 0 Å². The van der Waals surface area contributed by atoms with E-state index < -0.39 is 0 Å². The van der Waals surface area contributed by atoms with Crippen molar-refractivity contribution >= 4 is 38.4 Å². The lowest BCUT2D eigenvalue weighted by atomic mass is 10.1. The van der Waals surface area contributed by atoms with Crippen molar-refractivity contribution in [2.75, 3.05) is 0 Å². The molecule has 3 aromatic rings. The molecular formula is C11H6BrN3S. The fourth-order valence-electron chi connectivity index (χ4n) is 1.54. The van der Waals surface area contributed by atoms with E-state index in [2.05, 4.69) is 36.3 Å². The smallest absolute Gasteiger partial charge is 0.179 e. The molecule has 0 atom stereocenters. The highest BCUT2D eigenvalue weighted by atomic mass is 79.9. The Balaban J connectivity index is 2.18. The van der Waals surface area contributed by atoms with E-state index in [9.17, 15) is 0 Å². The molecule has 0 amide bonds. The van der Waals surface area contributed by atoms with E-state index >= 15 is 0 Å². The molecule has 0 saturated carbocycles. The largest absolute Gasteiger partial charge is 0.256 e. The summed E-state index contributed by atoms with van der Waals surface area (Å²) in [5.41, 5.74) is 2.00. The molecule has 0 N–H and O–H groups in total. The third kappa shape index (κ3) is 1.72. The summed E-state index contributed by atoms with van der Waals surface area (Å²) in [6.07, 6.45) is 1.79. The molecule has 0 aliphatic heterocycles. The van der Waals surface area contributed by atoms with Gasteiger partial charge in [0.05, 0.1) is 5.52 Å². The number of pyridine rings is 1. The van der Waals surface area contributed by atoms with Crippen LogP contribution in [0.3, 0.4) is 0 Å². The average Bonchev–Trinajstić information content (AvgIpc) is 2.75. The first-order valence-corrected chi connectivity index (χ1v) is 6.24. The summed E-state index contributed by atoms with van der Waals surface area (Å²) < 4.78 is 5.06. The fourth-order valence-corrected chi connectivity index (χ4v) is 2.36. The average molecular weight is 292 g/mol. The van der Waals surface area contributed by atoms with Gasteiger partial charge in [-0.2, -0.15) is 4.37 Å². The maximum atomic E-state index is 4.29. The molecule has 5 heteroatoms. The maximum absolute atomic E-state index is 4.29. The SMILES string of the molecule is Brc1nc(-c2ccc3ncccc3c2)ns1. The Hall–Kier alpha value is -1.33. The van der Waals surface area contributed by atoms with Gasteiger partial charge in [-0.1, -0.05) is 6.07 Å². The number of hydrogen-bond acceptors (Lipinski definition) is 4. The van der Waals surface area contributed by atoms with Crippen LogP contribution in [0.15, 0.2) is 40.4 Å². The zero-order valence-corrected chi connectivity index (χ0v) is 10.5. The third-order valence-electron chi connectivity index (χ3n) is 2.26. The highest BCUT2D eigenvalue weighted by Gasteiger charge is 2.05. The Morgan fingerprint density at radius 3 is 2.94 bits per heavy atom. The molecular weight excluding hydrogens is 286 g/mol. The minimum atomic E-state index is 0.752. The minimum Gasteiger partial charge on any atom is -0.256 e. The number of nitrogens with zero attached hydrogens (tertiary/aromatic N) is 3. The predicted molar refractivity (Wildman–Crippen MR) is 68.3 cm³/mol. The molecule has 3 rings (SSSR count). The first-order valence-electron chi connectivity index (χ1n) is 4.67. The molecule has 0 spiro atoms. The van der Waals surface area contributed by atoms with Crippen LogP contribution in [0.2, 0.25) is 0 Å². The van der Waals surface area contributed by atoms with Crippen LogP contribution in [0.1, 0.15) is 0 Å². The van der Waals surface area contributed by atoms with Crippen molar-refractivity contribution in [3.8, 4) is 11.4 Å². The van der Waals surface area contributed by atoms with Gasteiger partial charge in [0.15, 0.2) is 9.74 Å². The van der Waals surface area contributed by atoms with Crippen LogP contribution in [-0.4, -0.2) is 14.3 Å². The van der Waals surface area contributed by atoms with Crippen molar-refractivity contribution < 1.29 is 0 Å². The van der Waals surface area contributed by atoms with Crippen molar-refractivity contribution in [2.45, 2.75) is 0 Å². The molecule has 0 fully saturated rings. The Morgan fingerprint density at radius 2 is 2.12 bits per heavy atom. The quantitative estimate of drug-likeness (QED) is 0.689. The van der Waals surface area contributed by atoms with Crippen molar-refractivity contribution in [3.63, 3.8) is 0 Å². The summed E-state index contributed by atoms with van der Waals surface area (Å²) in [6, 6.07) is 9.99. The summed E-state index contributed by atoms with van der Waals surface area (Å²) in [6.45, 7) is 0. The second kappa shape index (κ2) is 3.92. The lowest BCUT2D eigenvalue weighted by Crippen LogP contribution is -1.82. The normalized spacial score (nSPS) is 10.8. The lowest BCUT2D eigenvalue weighted by molar-refractivity contribution is 1.30. The van der Waals surface area contributed by atoms with E-state index in [0.717, 1.165) is 26.2 Å². The molecule has 0 bridgehead atoms. The number of rotatable bonds is 1. The van der Waals surface area contributed by atoms with E-state index in [1.165, 1.54) is 11.5 Å². The van der Waals surface area contributed by atoms with E-state index in [1.807, 2.05) is 24.3 Å². The van der Waals surface area contributed by atoms with Gasteiger partial charge in [-0.15, -0.1) is 0 Å². The van der Waals surface area contributed by atoms with Crippen LogP contribution in [0.25, 0.3) is 22.3 Å². The second-order valence-electron chi connectivity index (χ2n) is 3.28. The minimum absolute atomic E-state index is 0.752. The Labute approximate surface area is 104 Å². The Kier molecular flexibility index (Phi) is 2.41. The maximum Gasteiger partial charge on any atom is 0.179 e. The molecule has 0 unspecified atom stereocenters. The van der Waals surface area contributed by atoms with Crippen LogP contribution in [0, 0.1) is 0 Å². The van der Waals surface area contributed by atoms with Gasteiger partial charge in [0, 0.05) is 17.1 Å². The molecule has 0 saturated heterocycles. The number of fused-ring (bicyclic) bond motifs is 1. The highest BCUT2D eigenvalue weighted by Crippen LogP contribution is 2.24. The topological polar surface area (TPSA) is 38.7 Å². The molecule has 0 aliphatic carbocycles.